The lowest BCUT2D eigenvalue weighted by Gasteiger charge is -2.08. The predicted molar refractivity (Wildman–Crippen MR) is 34.4 cm³/mol. The van der Waals surface area contributed by atoms with E-state index in [0.717, 1.165) is 0 Å². The van der Waals surface area contributed by atoms with E-state index < -0.39 is 5.97 Å². The second-order valence-corrected chi connectivity index (χ2v) is 1.69. The van der Waals surface area contributed by atoms with Crippen LogP contribution in [0.5, 0.6) is 0 Å². The minimum absolute atomic E-state index is 0.0640. The van der Waals surface area contributed by atoms with Crippen LogP contribution in [0, 0.1) is 0 Å². The summed E-state index contributed by atoms with van der Waals surface area (Å²) in [7, 11) is 2.81. The maximum absolute atomic E-state index is 10.4. The molecule has 0 bridgehead atoms. The van der Waals surface area contributed by atoms with Crippen LogP contribution in [-0.2, 0) is 19.0 Å². The van der Waals surface area contributed by atoms with E-state index in [9.17, 15) is 4.79 Å². The molecule has 0 saturated heterocycles. The molecule has 0 aromatic rings. The normalized spacial score (nSPS) is 12.7. The van der Waals surface area contributed by atoms with Gasteiger partial charge in [0.1, 0.15) is 6.61 Å². The van der Waals surface area contributed by atoms with Crippen molar-refractivity contribution in [3.63, 3.8) is 0 Å². The number of carbonyl (C=O) groups is 1. The second-order valence-electron chi connectivity index (χ2n) is 1.69. The summed E-state index contributed by atoms with van der Waals surface area (Å²) in [6.07, 6.45) is -0.362. The molecular weight excluding hydrogens is 136 g/mol. The van der Waals surface area contributed by atoms with Crippen molar-refractivity contribution in [3.05, 3.63) is 0 Å². The van der Waals surface area contributed by atoms with Crippen molar-refractivity contribution in [3.8, 4) is 0 Å². The van der Waals surface area contributed by atoms with Crippen LogP contribution in [0.1, 0.15) is 6.92 Å². The lowest BCUT2D eigenvalue weighted by molar-refractivity contribution is -0.161. The van der Waals surface area contributed by atoms with Crippen LogP contribution < -0.4 is 0 Å². The van der Waals surface area contributed by atoms with E-state index >= 15 is 0 Å². The Kier molecular flexibility index (Phi) is 4.88. The molecule has 0 aromatic heterocycles. The SMILES string of the molecule is COC(=O)COC(C)OC. The van der Waals surface area contributed by atoms with E-state index in [4.69, 9.17) is 9.47 Å². The molecule has 0 radical (unpaired) electrons. The van der Waals surface area contributed by atoms with Gasteiger partial charge in [-0.25, -0.2) is 4.79 Å². The number of rotatable bonds is 4. The average Bonchev–Trinajstić information content (AvgIpc) is 1.99. The van der Waals surface area contributed by atoms with Crippen LogP contribution in [0.25, 0.3) is 0 Å². The van der Waals surface area contributed by atoms with Crippen LogP contribution in [0.2, 0.25) is 0 Å². The molecule has 0 heterocycles. The van der Waals surface area contributed by atoms with Crippen molar-refractivity contribution < 1.29 is 19.0 Å². The minimum atomic E-state index is -0.399. The van der Waals surface area contributed by atoms with Crippen molar-refractivity contribution in [1.82, 2.24) is 0 Å². The van der Waals surface area contributed by atoms with Gasteiger partial charge in [0.05, 0.1) is 7.11 Å². The van der Waals surface area contributed by atoms with E-state index in [2.05, 4.69) is 4.74 Å². The lowest BCUT2D eigenvalue weighted by Crippen LogP contribution is -2.17. The topological polar surface area (TPSA) is 44.8 Å². The molecule has 1 unspecified atom stereocenters. The number of carbonyl (C=O) groups excluding carboxylic acids is 1. The molecule has 0 aliphatic heterocycles. The summed E-state index contributed by atoms with van der Waals surface area (Å²) in [5.41, 5.74) is 0. The van der Waals surface area contributed by atoms with E-state index in [1.54, 1.807) is 6.92 Å². The van der Waals surface area contributed by atoms with E-state index in [1.807, 2.05) is 0 Å². The summed E-state index contributed by atoms with van der Waals surface area (Å²) in [5, 5.41) is 0. The van der Waals surface area contributed by atoms with Gasteiger partial charge in [-0.2, -0.15) is 0 Å². The summed E-state index contributed by atoms with van der Waals surface area (Å²) < 4.78 is 13.9. The fourth-order valence-corrected chi connectivity index (χ4v) is 0.312. The van der Waals surface area contributed by atoms with Crippen LogP contribution in [0.3, 0.4) is 0 Å². The zero-order valence-corrected chi connectivity index (χ0v) is 6.42. The van der Waals surface area contributed by atoms with Gasteiger partial charge in [-0.1, -0.05) is 0 Å². The van der Waals surface area contributed by atoms with Crippen LogP contribution >= 0.6 is 0 Å². The number of esters is 1. The van der Waals surface area contributed by atoms with Crippen LogP contribution in [-0.4, -0.2) is 33.1 Å². The zero-order valence-electron chi connectivity index (χ0n) is 6.42. The number of hydrogen-bond donors (Lipinski definition) is 0. The fourth-order valence-electron chi connectivity index (χ4n) is 0.312. The summed E-state index contributed by atoms with van der Waals surface area (Å²) in [5.74, 6) is -0.399. The standard InChI is InChI=1S/C6H12O4/c1-5(8-2)10-4-6(7)9-3/h5H,4H2,1-3H3. The molecule has 4 heteroatoms. The Labute approximate surface area is 60.1 Å². The van der Waals surface area contributed by atoms with Gasteiger partial charge in [0.25, 0.3) is 0 Å². The van der Waals surface area contributed by atoms with Crippen molar-refractivity contribution in [2.45, 2.75) is 13.2 Å². The molecule has 0 spiro atoms. The first-order valence-electron chi connectivity index (χ1n) is 2.92. The molecule has 0 aliphatic rings. The Morgan fingerprint density at radius 1 is 1.50 bits per heavy atom. The average molecular weight is 148 g/mol. The molecule has 0 amide bonds. The van der Waals surface area contributed by atoms with Crippen molar-refractivity contribution >= 4 is 5.97 Å². The molecule has 0 aliphatic carbocycles. The molecular formula is C6H12O4. The Hall–Kier alpha value is -0.610. The van der Waals surface area contributed by atoms with Gasteiger partial charge in [0.15, 0.2) is 6.29 Å². The highest BCUT2D eigenvalue weighted by Crippen LogP contribution is 1.89. The first-order valence-corrected chi connectivity index (χ1v) is 2.92. The molecule has 1 atom stereocenters. The largest absolute Gasteiger partial charge is 0.467 e. The Balaban J connectivity index is 3.26. The number of ether oxygens (including phenoxy) is 3. The summed E-state index contributed by atoms with van der Waals surface area (Å²) in [4.78, 5) is 10.4. The highest BCUT2D eigenvalue weighted by Gasteiger charge is 2.03. The number of methoxy groups -OCH3 is 2. The van der Waals surface area contributed by atoms with Gasteiger partial charge in [-0.15, -0.1) is 0 Å². The molecule has 0 fully saturated rings. The number of hydrogen-bond acceptors (Lipinski definition) is 4. The molecule has 0 N–H and O–H groups in total. The van der Waals surface area contributed by atoms with Gasteiger partial charge in [0, 0.05) is 7.11 Å². The molecule has 0 saturated carbocycles. The van der Waals surface area contributed by atoms with E-state index in [1.165, 1.54) is 14.2 Å². The van der Waals surface area contributed by atoms with Crippen LogP contribution in [0.4, 0.5) is 0 Å². The van der Waals surface area contributed by atoms with E-state index in [0.29, 0.717) is 0 Å². The third-order valence-corrected chi connectivity index (χ3v) is 0.995. The fraction of sp³-hybridized carbons (Fsp3) is 0.833. The highest BCUT2D eigenvalue weighted by atomic mass is 16.7. The molecule has 60 valence electrons. The van der Waals surface area contributed by atoms with Gasteiger partial charge in [-0.05, 0) is 6.92 Å². The van der Waals surface area contributed by atoms with Gasteiger partial charge >= 0.3 is 5.97 Å². The van der Waals surface area contributed by atoms with Gasteiger partial charge in [0.2, 0.25) is 0 Å². The van der Waals surface area contributed by atoms with Crippen molar-refractivity contribution in [2.24, 2.45) is 0 Å². The summed E-state index contributed by atoms with van der Waals surface area (Å²) in [6, 6.07) is 0. The van der Waals surface area contributed by atoms with Crippen LogP contribution in [0.15, 0.2) is 0 Å². The van der Waals surface area contributed by atoms with Crippen molar-refractivity contribution in [2.75, 3.05) is 20.8 Å². The molecule has 0 aromatic carbocycles. The first-order chi connectivity index (χ1) is 4.70. The highest BCUT2D eigenvalue weighted by molar-refractivity contribution is 5.70. The Morgan fingerprint density at radius 3 is 2.50 bits per heavy atom. The van der Waals surface area contributed by atoms with E-state index in [-0.39, 0.29) is 12.9 Å². The Bertz CT molecular complexity index is 102. The molecule has 4 nitrogen and oxygen atoms in total. The maximum Gasteiger partial charge on any atom is 0.331 e. The summed E-state index contributed by atoms with van der Waals surface area (Å²) in [6.45, 7) is 1.63. The third-order valence-electron chi connectivity index (χ3n) is 0.995. The van der Waals surface area contributed by atoms with Gasteiger partial charge < -0.3 is 14.2 Å². The Morgan fingerprint density at radius 2 is 2.10 bits per heavy atom. The lowest BCUT2D eigenvalue weighted by atomic mass is 10.7. The third kappa shape index (κ3) is 4.29. The smallest absolute Gasteiger partial charge is 0.331 e. The maximum atomic E-state index is 10.4. The van der Waals surface area contributed by atoms with Crippen molar-refractivity contribution in [1.29, 1.82) is 0 Å². The second kappa shape index (κ2) is 5.20. The first kappa shape index (κ1) is 9.39. The quantitative estimate of drug-likeness (QED) is 0.421. The predicted octanol–water partition coefficient (Wildman–Crippen LogP) is 0.168. The monoisotopic (exact) mass is 148 g/mol. The molecule has 0 rings (SSSR count). The van der Waals surface area contributed by atoms with Gasteiger partial charge in [-0.3, -0.25) is 0 Å². The minimum Gasteiger partial charge on any atom is -0.467 e. The summed E-state index contributed by atoms with van der Waals surface area (Å²) >= 11 is 0. The zero-order chi connectivity index (χ0) is 7.98. The molecule has 10 heavy (non-hydrogen) atoms.